The maximum atomic E-state index is 10.2. The van der Waals surface area contributed by atoms with E-state index in [1.807, 2.05) is 0 Å². The smallest absolute Gasteiger partial charge is 0.209 e. The van der Waals surface area contributed by atoms with Crippen molar-refractivity contribution in [2.75, 3.05) is 13.1 Å². The van der Waals surface area contributed by atoms with Gasteiger partial charge in [-0.15, -0.1) is 0 Å². The molecular weight excluding hydrogens is 102 g/mol. The molecule has 0 aliphatic carbocycles. The third-order valence-electron chi connectivity index (χ3n) is 1.37. The van der Waals surface area contributed by atoms with Crippen LogP contribution in [-0.4, -0.2) is 24.4 Å². The van der Waals surface area contributed by atoms with Gasteiger partial charge in [-0.25, -0.2) is 0 Å². The van der Waals surface area contributed by atoms with Crippen LogP contribution >= 0.6 is 0 Å². The van der Waals surface area contributed by atoms with Gasteiger partial charge in [-0.05, 0) is 19.3 Å². The normalized spacial score (nSPS) is 31.8. The van der Waals surface area contributed by atoms with Crippen molar-refractivity contribution in [2.24, 2.45) is 0 Å². The summed E-state index contributed by atoms with van der Waals surface area (Å²) >= 11 is 0. The summed E-state index contributed by atoms with van der Waals surface area (Å²) in [5, 5.41) is 0. The van der Waals surface area contributed by atoms with Gasteiger partial charge in [0.15, 0.2) is 0 Å². The van der Waals surface area contributed by atoms with E-state index in [4.69, 9.17) is 1.37 Å². The molecule has 1 heterocycles. The molecule has 1 saturated heterocycles. The van der Waals surface area contributed by atoms with Crippen molar-refractivity contribution in [1.82, 2.24) is 4.90 Å². The van der Waals surface area contributed by atoms with E-state index < -0.39 is 0 Å². The highest BCUT2D eigenvalue weighted by molar-refractivity contribution is 5.46. The van der Waals surface area contributed by atoms with Crippen LogP contribution in [0, 0.1) is 0 Å². The summed E-state index contributed by atoms with van der Waals surface area (Å²) < 4.78 is 7.32. The highest BCUT2D eigenvalue weighted by Gasteiger charge is 2.05. The van der Waals surface area contributed by atoms with Gasteiger partial charge in [-0.2, -0.15) is 0 Å². The minimum Gasteiger partial charge on any atom is -0.345 e. The van der Waals surface area contributed by atoms with Gasteiger partial charge in [0.2, 0.25) is 6.41 Å². The van der Waals surface area contributed by atoms with Crippen LogP contribution in [0.4, 0.5) is 0 Å². The van der Waals surface area contributed by atoms with Crippen molar-refractivity contribution in [2.45, 2.75) is 19.3 Å². The summed E-state index contributed by atoms with van der Waals surface area (Å²) in [6.45, 7) is 0.508. The molecule has 0 radical (unpaired) electrons. The van der Waals surface area contributed by atoms with E-state index in [1.165, 1.54) is 0 Å². The zero-order chi connectivity index (χ0) is 6.69. The van der Waals surface area contributed by atoms with Gasteiger partial charge in [0.25, 0.3) is 0 Å². The van der Waals surface area contributed by atoms with Crippen LogP contribution in [0.2, 0.25) is 0 Å². The second-order valence-electron chi connectivity index (χ2n) is 2.02. The second-order valence-corrected chi connectivity index (χ2v) is 2.02. The van der Waals surface area contributed by atoms with E-state index in [0.717, 1.165) is 32.2 Å². The van der Waals surface area contributed by atoms with E-state index in [9.17, 15) is 4.79 Å². The maximum Gasteiger partial charge on any atom is 0.209 e. The first-order chi connectivity index (χ1) is 4.34. The number of amides is 1. The monoisotopic (exact) mass is 114 g/mol. The molecule has 0 spiro atoms. The molecule has 1 atom stereocenters. The number of rotatable bonds is 1. The molecule has 1 aliphatic rings. The third-order valence-corrected chi connectivity index (χ3v) is 1.37. The SMILES string of the molecule is [2H]C1CCCCN1C=O. The van der Waals surface area contributed by atoms with Crippen molar-refractivity contribution in [1.29, 1.82) is 0 Å². The van der Waals surface area contributed by atoms with E-state index in [2.05, 4.69) is 0 Å². The van der Waals surface area contributed by atoms with E-state index in [1.54, 1.807) is 4.90 Å². The number of carbonyl (C=O) groups excluding carboxylic acids is 1. The molecule has 1 amide bonds. The molecule has 2 heteroatoms. The predicted octanol–water partition coefficient (Wildman–Crippen LogP) is 0.629. The van der Waals surface area contributed by atoms with Gasteiger partial charge >= 0.3 is 0 Å². The van der Waals surface area contributed by atoms with Crippen molar-refractivity contribution in [3.05, 3.63) is 0 Å². The molecule has 0 aromatic rings. The fourth-order valence-corrected chi connectivity index (χ4v) is 0.883. The van der Waals surface area contributed by atoms with Crippen LogP contribution in [0.15, 0.2) is 0 Å². The van der Waals surface area contributed by atoms with E-state index >= 15 is 0 Å². The fraction of sp³-hybridized carbons (Fsp3) is 0.833. The summed E-state index contributed by atoms with van der Waals surface area (Å²) in [6, 6.07) is 0. The molecule has 0 saturated carbocycles. The first kappa shape index (κ1) is 4.36. The summed E-state index contributed by atoms with van der Waals surface area (Å²) in [7, 11) is 0. The Hall–Kier alpha value is -0.530. The lowest BCUT2D eigenvalue weighted by atomic mass is 10.1. The molecule has 1 rings (SSSR count). The first-order valence-corrected chi connectivity index (χ1v) is 2.98. The molecule has 8 heavy (non-hydrogen) atoms. The lowest BCUT2D eigenvalue weighted by Gasteiger charge is -2.21. The Balaban J connectivity index is 2.38. The number of nitrogens with zero attached hydrogens (tertiary/aromatic N) is 1. The number of carbonyl (C=O) groups is 1. The minimum absolute atomic E-state index is 0.267. The summed E-state index contributed by atoms with van der Waals surface area (Å²) in [5.41, 5.74) is 0. The van der Waals surface area contributed by atoms with Gasteiger partial charge in [0.05, 0.1) is 0 Å². The molecular formula is C6H11NO. The second kappa shape index (κ2) is 2.70. The van der Waals surface area contributed by atoms with Crippen LogP contribution in [-0.2, 0) is 4.79 Å². The number of piperidine rings is 1. The number of hydrogen-bond acceptors (Lipinski definition) is 1. The molecule has 0 N–H and O–H groups in total. The Bertz CT molecular complexity index is 107. The van der Waals surface area contributed by atoms with Crippen LogP contribution in [0.25, 0.3) is 0 Å². The van der Waals surface area contributed by atoms with Gasteiger partial charge in [-0.1, -0.05) is 0 Å². The van der Waals surface area contributed by atoms with Crippen LogP contribution in [0.5, 0.6) is 0 Å². The van der Waals surface area contributed by atoms with Gasteiger partial charge in [0, 0.05) is 14.4 Å². The lowest BCUT2D eigenvalue weighted by molar-refractivity contribution is -0.118. The van der Waals surface area contributed by atoms with Crippen molar-refractivity contribution in [3.8, 4) is 0 Å². The Morgan fingerprint density at radius 3 is 2.88 bits per heavy atom. The van der Waals surface area contributed by atoms with Crippen molar-refractivity contribution in [3.63, 3.8) is 0 Å². The minimum atomic E-state index is -0.267. The lowest BCUT2D eigenvalue weighted by Crippen LogP contribution is -2.27. The Morgan fingerprint density at radius 2 is 2.38 bits per heavy atom. The summed E-state index contributed by atoms with van der Waals surface area (Å²) in [6.07, 6.45) is 3.78. The fourth-order valence-electron chi connectivity index (χ4n) is 0.883. The van der Waals surface area contributed by atoms with Gasteiger partial charge in [-0.3, -0.25) is 4.79 Å². The Labute approximate surface area is 50.9 Å². The maximum absolute atomic E-state index is 10.2. The third kappa shape index (κ3) is 1.22. The van der Waals surface area contributed by atoms with E-state index in [0.29, 0.717) is 0 Å². The van der Waals surface area contributed by atoms with Crippen LogP contribution in [0.3, 0.4) is 0 Å². The zero-order valence-corrected chi connectivity index (χ0v) is 4.84. The number of likely N-dealkylation sites (tertiary alicyclic amines) is 1. The van der Waals surface area contributed by atoms with Crippen LogP contribution < -0.4 is 0 Å². The van der Waals surface area contributed by atoms with Crippen LogP contribution in [0.1, 0.15) is 20.6 Å². The first-order valence-electron chi connectivity index (χ1n) is 3.55. The molecule has 0 bridgehead atoms. The summed E-state index contributed by atoms with van der Waals surface area (Å²) in [5.74, 6) is 0. The largest absolute Gasteiger partial charge is 0.345 e. The molecule has 1 unspecified atom stereocenters. The molecule has 46 valence electrons. The van der Waals surface area contributed by atoms with Crippen molar-refractivity contribution >= 4 is 6.41 Å². The van der Waals surface area contributed by atoms with Crippen molar-refractivity contribution < 1.29 is 6.17 Å². The predicted molar refractivity (Wildman–Crippen MR) is 31.5 cm³/mol. The zero-order valence-electron chi connectivity index (χ0n) is 5.84. The Kier molecular flexibility index (Phi) is 1.47. The Morgan fingerprint density at radius 1 is 1.50 bits per heavy atom. The topological polar surface area (TPSA) is 20.3 Å². The van der Waals surface area contributed by atoms with Gasteiger partial charge in [0.1, 0.15) is 0 Å². The standard InChI is InChI=1S/C6H11NO/c8-6-7-4-2-1-3-5-7/h6H,1-5H2/i4D. The highest BCUT2D eigenvalue weighted by atomic mass is 16.1. The molecule has 0 aromatic carbocycles. The molecule has 1 fully saturated rings. The van der Waals surface area contributed by atoms with Gasteiger partial charge < -0.3 is 4.90 Å². The quantitative estimate of drug-likeness (QED) is 0.458. The molecule has 1 aliphatic heterocycles. The molecule has 2 nitrogen and oxygen atoms in total. The molecule has 0 aromatic heterocycles. The highest BCUT2D eigenvalue weighted by Crippen LogP contribution is 2.05. The number of hydrogen-bond donors (Lipinski definition) is 0. The average Bonchev–Trinajstić information content (AvgIpc) is 1.89. The summed E-state index contributed by atoms with van der Waals surface area (Å²) in [4.78, 5) is 11.7. The van der Waals surface area contributed by atoms with E-state index in [-0.39, 0.29) is 6.52 Å². The average molecular weight is 114 g/mol.